The van der Waals surface area contributed by atoms with Gasteiger partial charge in [-0.3, -0.25) is 0 Å². The van der Waals surface area contributed by atoms with E-state index in [0.29, 0.717) is 0 Å². The van der Waals surface area contributed by atoms with Crippen LogP contribution in [-0.2, 0) is 9.47 Å². The molecule has 7 heteroatoms. The molecule has 1 aliphatic heterocycles. The van der Waals surface area contributed by atoms with E-state index in [1.807, 2.05) is 0 Å². The fraction of sp³-hybridized carbons (Fsp3) is 1.00. The summed E-state index contributed by atoms with van der Waals surface area (Å²) in [5.74, 6) is 0. The molecule has 0 aromatic rings. The molecule has 3 N–H and O–H groups in total. The number of hydrogen-bond donors (Lipinski definition) is 2. The Hall–Kier alpha value is -0.850. The molecule has 80 valence electrons. The molecule has 0 amide bonds. The summed E-state index contributed by atoms with van der Waals surface area (Å²) in [6.45, 7) is 0.514. The van der Waals surface area contributed by atoms with Crippen LogP contribution in [0.1, 0.15) is 0 Å². The molecule has 1 rings (SSSR count). The van der Waals surface area contributed by atoms with Gasteiger partial charge in [0.1, 0.15) is 0 Å². The summed E-state index contributed by atoms with van der Waals surface area (Å²) in [6, 6.07) is -1.19. The maximum Gasteiger partial charge on any atom is 0.0934 e. The fourth-order valence-electron chi connectivity index (χ4n) is 1.42. The predicted octanol–water partition coefficient (Wildman–Crippen LogP) is -0.601. The largest absolute Gasteiger partial charge is 0.391 e. The molecule has 0 aromatic carbocycles. The Balaban J connectivity index is 2.70. The van der Waals surface area contributed by atoms with Crippen LogP contribution in [-0.4, -0.2) is 49.7 Å². The zero-order valence-corrected chi connectivity index (χ0v) is 7.91. The molecule has 0 spiro atoms. The lowest BCUT2D eigenvalue weighted by Gasteiger charge is -2.36. The number of rotatable bonds is 3. The van der Waals surface area contributed by atoms with Crippen molar-refractivity contribution in [2.45, 2.75) is 24.3 Å². The SMILES string of the molecule is COCC1OC[C@@H](N)C(O)C1N=[N+]=[N-]. The third-order valence-corrected chi connectivity index (χ3v) is 2.19. The molecule has 0 bridgehead atoms. The van der Waals surface area contributed by atoms with Crippen LogP contribution in [0.5, 0.6) is 0 Å². The van der Waals surface area contributed by atoms with Gasteiger partial charge < -0.3 is 20.3 Å². The molecular formula is C7H14N4O3. The lowest BCUT2D eigenvalue weighted by molar-refractivity contribution is -0.0956. The van der Waals surface area contributed by atoms with Crippen LogP contribution in [0.4, 0.5) is 0 Å². The minimum Gasteiger partial charge on any atom is -0.391 e. The summed E-state index contributed by atoms with van der Waals surface area (Å²) in [4.78, 5) is 2.65. The second-order valence-electron chi connectivity index (χ2n) is 3.18. The van der Waals surface area contributed by atoms with Gasteiger partial charge in [0.25, 0.3) is 0 Å². The molecule has 1 fully saturated rings. The molecule has 0 aliphatic carbocycles. The predicted molar refractivity (Wildman–Crippen MR) is 48.5 cm³/mol. The first-order valence-electron chi connectivity index (χ1n) is 4.29. The average molecular weight is 202 g/mol. The molecule has 4 atom stereocenters. The Morgan fingerprint density at radius 2 is 2.50 bits per heavy atom. The van der Waals surface area contributed by atoms with E-state index < -0.39 is 24.3 Å². The van der Waals surface area contributed by atoms with E-state index in [1.54, 1.807) is 0 Å². The van der Waals surface area contributed by atoms with Gasteiger partial charge >= 0.3 is 0 Å². The first-order valence-corrected chi connectivity index (χ1v) is 4.29. The highest BCUT2D eigenvalue weighted by atomic mass is 16.5. The van der Waals surface area contributed by atoms with Crippen LogP contribution < -0.4 is 5.73 Å². The van der Waals surface area contributed by atoms with Gasteiger partial charge in [-0.25, -0.2) is 0 Å². The summed E-state index contributed by atoms with van der Waals surface area (Å²) < 4.78 is 10.2. The summed E-state index contributed by atoms with van der Waals surface area (Å²) in [7, 11) is 1.51. The van der Waals surface area contributed by atoms with Crippen molar-refractivity contribution < 1.29 is 14.6 Å². The van der Waals surface area contributed by atoms with E-state index in [0.717, 1.165) is 0 Å². The van der Waals surface area contributed by atoms with Crippen molar-refractivity contribution in [3.8, 4) is 0 Å². The first-order chi connectivity index (χ1) is 6.70. The third kappa shape index (κ3) is 2.34. The maximum absolute atomic E-state index is 9.64. The van der Waals surface area contributed by atoms with Gasteiger partial charge in [0.2, 0.25) is 0 Å². The first kappa shape index (κ1) is 11.2. The van der Waals surface area contributed by atoms with Crippen molar-refractivity contribution >= 4 is 0 Å². The summed E-state index contributed by atoms with van der Waals surface area (Å²) in [6.07, 6.45) is -1.30. The van der Waals surface area contributed by atoms with Crippen molar-refractivity contribution in [1.82, 2.24) is 0 Å². The Morgan fingerprint density at radius 1 is 1.79 bits per heavy atom. The molecule has 0 radical (unpaired) electrons. The number of hydrogen-bond acceptors (Lipinski definition) is 5. The van der Waals surface area contributed by atoms with Gasteiger partial charge in [0, 0.05) is 12.0 Å². The number of nitrogens with two attached hydrogens (primary N) is 1. The van der Waals surface area contributed by atoms with Gasteiger partial charge in [-0.1, -0.05) is 5.11 Å². The standard InChI is InChI=1S/C7H14N4O3/c1-13-3-5-6(10-11-9)7(12)4(8)2-14-5/h4-7,12H,2-3,8H2,1H3/t4-,5?,6?,7?/m1/s1. The molecule has 7 nitrogen and oxygen atoms in total. The quantitative estimate of drug-likeness (QED) is 0.361. The van der Waals surface area contributed by atoms with Crippen LogP contribution in [0.3, 0.4) is 0 Å². The van der Waals surface area contributed by atoms with Crippen LogP contribution >= 0.6 is 0 Å². The van der Waals surface area contributed by atoms with E-state index in [9.17, 15) is 5.11 Å². The molecular weight excluding hydrogens is 188 g/mol. The number of azide groups is 1. The van der Waals surface area contributed by atoms with Crippen molar-refractivity contribution in [3.63, 3.8) is 0 Å². The topological polar surface area (TPSA) is 113 Å². The zero-order chi connectivity index (χ0) is 10.6. The highest BCUT2D eigenvalue weighted by Gasteiger charge is 2.37. The molecule has 0 aromatic heterocycles. The number of aliphatic hydroxyl groups excluding tert-OH is 1. The number of aliphatic hydroxyl groups is 1. The Bertz CT molecular complexity index is 231. The van der Waals surface area contributed by atoms with Crippen molar-refractivity contribution in [1.29, 1.82) is 0 Å². The van der Waals surface area contributed by atoms with E-state index in [1.165, 1.54) is 7.11 Å². The maximum atomic E-state index is 9.64. The van der Waals surface area contributed by atoms with Crippen molar-refractivity contribution in [2.24, 2.45) is 10.8 Å². The normalized spacial score (nSPS) is 37.6. The van der Waals surface area contributed by atoms with Gasteiger partial charge in [0.15, 0.2) is 0 Å². The second kappa shape index (κ2) is 5.14. The molecule has 1 aliphatic rings. The molecule has 0 saturated carbocycles. The lowest BCUT2D eigenvalue weighted by atomic mass is 9.97. The van der Waals surface area contributed by atoms with Gasteiger partial charge in [-0.05, 0) is 5.53 Å². The van der Waals surface area contributed by atoms with Crippen LogP contribution in [0, 0.1) is 0 Å². The summed E-state index contributed by atoms with van der Waals surface area (Å²) in [5.41, 5.74) is 13.9. The lowest BCUT2D eigenvalue weighted by Crippen LogP contribution is -2.56. The highest BCUT2D eigenvalue weighted by molar-refractivity contribution is 4.94. The fourth-order valence-corrected chi connectivity index (χ4v) is 1.42. The minimum absolute atomic E-state index is 0.243. The van der Waals surface area contributed by atoms with Crippen LogP contribution in [0.25, 0.3) is 10.4 Å². The van der Waals surface area contributed by atoms with Crippen LogP contribution in [0.15, 0.2) is 5.11 Å². The molecule has 1 saturated heterocycles. The van der Waals surface area contributed by atoms with Gasteiger partial charge in [-0.15, -0.1) is 0 Å². The van der Waals surface area contributed by atoms with Gasteiger partial charge in [-0.2, -0.15) is 0 Å². The van der Waals surface area contributed by atoms with Crippen molar-refractivity contribution in [3.05, 3.63) is 10.4 Å². The van der Waals surface area contributed by atoms with E-state index in [-0.39, 0.29) is 13.2 Å². The smallest absolute Gasteiger partial charge is 0.0934 e. The monoisotopic (exact) mass is 202 g/mol. The number of methoxy groups -OCH3 is 1. The Labute approximate surface area is 81.4 Å². The van der Waals surface area contributed by atoms with E-state index in [2.05, 4.69) is 10.0 Å². The molecule has 14 heavy (non-hydrogen) atoms. The minimum atomic E-state index is -0.875. The average Bonchev–Trinajstić information content (AvgIpc) is 2.18. The summed E-state index contributed by atoms with van der Waals surface area (Å²) >= 11 is 0. The molecule has 1 heterocycles. The molecule has 3 unspecified atom stereocenters. The number of ether oxygens (including phenoxy) is 2. The van der Waals surface area contributed by atoms with Gasteiger partial charge in [0.05, 0.1) is 37.5 Å². The second-order valence-corrected chi connectivity index (χ2v) is 3.18. The highest BCUT2D eigenvalue weighted by Crippen LogP contribution is 2.18. The third-order valence-electron chi connectivity index (χ3n) is 2.19. The Morgan fingerprint density at radius 3 is 3.07 bits per heavy atom. The Kier molecular flexibility index (Phi) is 4.12. The van der Waals surface area contributed by atoms with Crippen LogP contribution in [0.2, 0.25) is 0 Å². The van der Waals surface area contributed by atoms with E-state index >= 15 is 0 Å². The van der Waals surface area contributed by atoms with Crippen molar-refractivity contribution in [2.75, 3.05) is 20.3 Å². The number of nitrogens with zero attached hydrogens (tertiary/aromatic N) is 3. The summed E-state index contributed by atoms with van der Waals surface area (Å²) in [5, 5.41) is 13.1. The zero-order valence-electron chi connectivity index (χ0n) is 7.91. The van der Waals surface area contributed by atoms with E-state index in [4.69, 9.17) is 20.7 Å².